The first kappa shape index (κ1) is 18.5. The lowest BCUT2D eigenvalue weighted by Crippen LogP contribution is -2.34. The highest BCUT2D eigenvalue weighted by Gasteiger charge is 2.25. The van der Waals surface area contributed by atoms with Crippen LogP contribution in [-0.4, -0.2) is 43.1 Å². The van der Waals surface area contributed by atoms with Crippen molar-refractivity contribution in [1.82, 2.24) is 10.2 Å². The average Bonchev–Trinajstić information content (AvgIpc) is 2.46. The predicted molar refractivity (Wildman–Crippen MR) is 97.1 cm³/mol. The lowest BCUT2D eigenvalue weighted by Gasteiger charge is -2.31. The Hall–Kier alpha value is -0.510. The lowest BCUT2D eigenvalue weighted by atomic mass is 9.96. The Bertz CT molecular complexity index is 365. The maximum absolute atomic E-state index is 3.77. The maximum Gasteiger partial charge on any atom is 0.0443 e. The third-order valence-electron chi connectivity index (χ3n) is 3.61. The second-order valence-corrected chi connectivity index (χ2v) is 7.51. The summed E-state index contributed by atoms with van der Waals surface area (Å²) in [5, 5.41) is 4.38. The van der Waals surface area contributed by atoms with Gasteiger partial charge < -0.3 is 10.2 Å². The second kappa shape index (κ2) is 10.3. The van der Waals surface area contributed by atoms with Crippen LogP contribution in [0.2, 0.25) is 0 Å². The third-order valence-corrected chi connectivity index (χ3v) is 5.23. The Kier molecular flexibility index (Phi) is 9.05. The summed E-state index contributed by atoms with van der Waals surface area (Å²) in [5.41, 5.74) is 1.42. The minimum Gasteiger partial charge on any atom is -0.309 e. The van der Waals surface area contributed by atoms with Crippen molar-refractivity contribution in [3.63, 3.8) is 0 Å². The van der Waals surface area contributed by atoms with E-state index in [1.807, 2.05) is 0 Å². The fourth-order valence-corrected chi connectivity index (χ4v) is 4.00. The van der Waals surface area contributed by atoms with Crippen LogP contribution in [0.25, 0.3) is 0 Å². The molecule has 0 saturated heterocycles. The van der Waals surface area contributed by atoms with Crippen molar-refractivity contribution < 1.29 is 0 Å². The van der Waals surface area contributed by atoms with Gasteiger partial charge >= 0.3 is 0 Å². The smallest absolute Gasteiger partial charge is 0.0443 e. The maximum atomic E-state index is 3.77. The van der Waals surface area contributed by atoms with Crippen LogP contribution in [0.4, 0.5) is 0 Å². The van der Waals surface area contributed by atoms with Crippen molar-refractivity contribution in [2.75, 3.05) is 32.9 Å². The van der Waals surface area contributed by atoms with Gasteiger partial charge in [0.1, 0.15) is 0 Å². The zero-order valence-electron chi connectivity index (χ0n) is 14.3. The van der Waals surface area contributed by atoms with Gasteiger partial charge in [-0.1, -0.05) is 51.1 Å². The van der Waals surface area contributed by atoms with E-state index in [9.17, 15) is 0 Å². The van der Waals surface area contributed by atoms with Crippen LogP contribution in [0, 0.1) is 5.92 Å². The summed E-state index contributed by atoms with van der Waals surface area (Å²) >= 11 is 2.11. The molecule has 1 N–H and O–H groups in total. The molecule has 0 aromatic heterocycles. The van der Waals surface area contributed by atoms with Gasteiger partial charge in [-0.25, -0.2) is 0 Å². The summed E-state index contributed by atoms with van der Waals surface area (Å²) in [4.78, 5) is 2.27. The first-order valence-corrected chi connectivity index (χ1v) is 9.15. The molecule has 0 amide bonds. The van der Waals surface area contributed by atoms with Crippen LogP contribution >= 0.6 is 11.8 Å². The number of rotatable bonds is 10. The van der Waals surface area contributed by atoms with E-state index in [0.717, 1.165) is 13.1 Å². The molecule has 0 aliphatic rings. The van der Waals surface area contributed by atoms with E-state index in [1.165, 1.54) is 17.7 Å². The van der Waals surface area contributed by atoms with E-state index in [0.29, 0.717) is 17.2 Å². The van der Waals surface area contributed by atoms with Gasteiger partial charge in [-0.15, -0.1) is 0 Å². The molecule has 0 saturated carbocycles. The summed E-state index contributed by atoms with van der Waals surface area (Å²) in [7, 11) is 4.30. The van der Waals surface area contributed by atoms with Crippen LogP contribution in [0.15, 0.2) is 30.3 Å². The monoisotopic (exact) mass is 308 g/mol. The minimum absolute atomic E-state index is 0.443. The third kappa shape index (κ3) is 6.86. The van der Waals surface area contributed by atoms with Gasteiger partial charge in [0.2, 0.25) is 0 Å². The molecule has 2 nitrogen and oxygen atoms in total. The van der Waals surface area contributed by atoms with E-state index in [4.69, 9.17) is 0 Å². The molecule has 0 heterocycles. The molecular formula is C18H32N2S. The second-order valence-electron chi connectivity index (χ2n) is 6.23. The molecule has 0 fully saturated rings. The van der Waals surface area contributed by atoms with E-state index >= 15 is 0 Å². The predicted octanol–water partition coefficient (Wildman–Crippen LogP) is 4.05. The van der Waals surface area contributed by atoms with Gasteiger partial charge in [-0.05, 0) is 38.5 Å². The Morgan fingerprint density at radius 3 is 2.33 bits per heavy atom. The molecule has 1 rings (SSSR count). The number of hydrogen-bond donors (Lipinski definition) is 1. The lowest BCUT2D eigenvalue weighted by molar-refractivity contribution is 0.429. The average molecular weight is 309 g/mol. The van der Waals surface area contributed by atoms with Crippen molar-refractivity contribution in [2.24, 2.45) is 5.92 Å². The highest BCUT2D eigenvalue weighted by atomic mass is 32.2. The van der Waals surface area contributed by atoms with Gasteiger partial charge in [0.05, 0.1) is 0 Å². The van der Waals surface area contributed by atoms with E-state index < -0.39 is 0 Å². The van der Waals surface area contributed by atoms with Crippen LogP contribution in [0.5, 0.6) is 0 Å². The summed E-state index contributed by atoms with van der Waals surface area (Å²) in [6, 6.07) is 11.4. The van der Waals surface area contributed by atoms with E-state index in [-0.39, 0.29) is 0 Å². The molecule has 0 aliphatic heterocycles. The molecule has 0 spiro atoms. The van der Waals surface area contributed by atoms with E-state index in [1.54, 1.807) is 0 Å². The van der Waals surface area contributed by atoms with Gasteiger partial charge in [-0.3, -0.25) is 0 Å². The van der Waals surface area contributed by atoms with Crippen molar-refractivity contribution in [3.05, 3.63) is 35.9 Å². The molecule has 21 heavy (non-hydrogen) atoms. The van der Waals surface area contributed by atoms with Gasteiger partial charge in [0, 0.05) is 23.6 Å². The van der Waals surface area contributed by atoms with Gasteiger partial charge in [0.25, 0.3) is 0 Å². The summed E-state index contributed by atoms with van der Waals surface area (Å²) in [6.07, 6.45) is 1.18. The molecule has 2 atom stereocenters. The number of nitrogens with one attached hydrogen (secondary N) is 1. The number of nitrogens with zero attached hydrogens (tertiary/aromatic N) is 1. The quantitative estimate of drug-likeness (QED) is 0.702. The topological polar surface area (TPSA) is 15.3 Å². The SMILES string of the molecule is CCCNC(c1ccccc1)C(SCCN(C)C)C(C)C. The van der Waals surface area contributed by atoms with E-state index in [2.05, 4.69) is 87.2 Å². The molecular weight excluding hydrogens is 276 g/mol. The van der Waals surface area contributed by atoms with Crippen LogP contribution in [0.1, 0.15) is 38.8 Å². The van der Waals surface area contributed by atoms with Crippen molar-refractivity contribution >= 4 is 11.8 Å². The summed E-state index contributed by atoms with van der Waals surface area (Å²) in [6.45, 7) is 9.15. The number of hydrogen-bond acceptors (Lipinski definition) is 3. The zero-order valence-corrected chi connectivity index (χ0v) is 15.1. The number of benzene rings is 1. The standard InChI is InChI=1S/C18H32N2S/c1-6-12-19-17(16-10-8-7-9-11-16)18(15(2)3)21-14-13-20(4)5/h7-11,15,17-19H,6,12-14H2,1-5H3. The van der Waals surface area contributed by atoms with Crippen LogP contribution < -0.4 is 5.32 Å². The van der Waals surface area contributed by atoms with Crippen molar-refractivity contribution in [3.8, 4) is 0 Å². The largest absolute Gasteiger partial charge is 0.309 e. The van der Waals surface area contributed by atoms with Gasteiger partial charge in [-0.2, -0.15) is 11.8 Å². The van der Waals surface area contributed by atoms with Gasteiger partial charge in [0.15, 0.2) is 0 Å². The molecule has 0 bridgehead atoms. The van der Waals surface area contributed by atoms with Crippen LogP contribution in [0.3, 0.4) is 0 Å². The Labute approximate surface area is 135 Å². The van der Waals surface area contributed by atoms with Crippen LogP contribution in [-0.2, 0) is 0 Å². The fraction of sp³-hybridized carbons (Fsp3) is 0.667. The molecule has 1 aromatic carbocycles. The zero-order chi connectivity index (χ0) is 15.7. The molecule has 0 aliphatic carbocycles. The summed E-state index contributed by atoms with van der Waals surface area (Å²) in [5.74, 6) is 1.85. The minimum atomic E-state index is 0.443. The highest BCUT2D eigenvalue weighted by molar-refractivity contribution is 8.00. The molecule has 1 aromatic rings. The Morgan fingerprint density at radius 2 is 1.81 bits per heavy atom. The molecule has 3 heteroatoms. The first-order chi connectivity index (χ1) is 10.1. The molecule has 120 valence electrons. The molecule has 2 unspecified atom stereocenters. The fourth-order valence-electron chi connectivity index (χ4n) is 2.43. The van der Waals surface area contributed by atoms with Crippen molar-refractivity contribution in [1.29, 1.82) is 0 Å². The normalized spacial score (nSPS) is 14.6. The summed E-state index contributed by atoms with van der Waals surface area (Å²) < 4.78 is 0. The Balaban J connectivity index is 2.80. The first-order valence-electron chi connectivity index (χ1n) is 8.11. The van der Waals surface area contributed by atoms with Crippen molar-refractivity contribution in [2.45, 2.75) is 38.5 Å². The Morgan fingerprint density at radius 1 is 1.14 bits per heavy atom. The number of thioether (sulfide) groups is 1. The molecule has 0 radical (unpaired) electrons. The highest BCUT2D eigenvalue weighted by Crippen LogP contribution is 2.32.